The molecule has 0 aromatic heterocycles. The van der Waals surface area contributed by atoms with Gasteiger partial charge in [-0.2, -0.15) is 0 Å². The second-order valence-corrected chi connectivity index (χ2v) is 5.43. The Morgan fingerprint density at radius 1 is 1.33 bits per heavy atom. The number of rotatable bonds is 5. The van der Waals surface area contributed by atoms with Crippen LogP contribution >= 0.6 is 0 Å². The van der Waals surface area contributed by atoms with Gasteiger partial charge >= 0.3 is 0 Å². The Kier molecular flexibility index (Phi) is 5.21. The first kappa shape index (κ1) is 13.6. The van der Waals surface area contributed by atoms with E-state index in [-0.39, 0.29) is 0 Å². The largest absolute Gasteiger partial charge is 0.311 e. The number of hydrogen-bond acceptors (Lipinski definition) is 2. The van der Waals surface area contributed by atoms with E-state index in [0.717, 1.165) is 6.54 Å². The Balaban J connectivity index is 1.79. The van der Waals surface area contributed by atoms with Crippen LogP contribution in [-0.4, -0.2) is 36.6 Å². The molecule has 0 bridgehead atoms. The van der Waals surface area contributed by atoms with Crippen LogP contribution in [0.3, 0.4) is 0 Å². The molecule has 0 saturated carbocycles. The van der Waals surface area contributed by atoms with Gasteiger partial charge in [0.25, 0.3) is 0 Å². The number of benzene rings is 1. The molecular formula is C16H26N2. The van der Waals surface area contributed by atoms with Crippen molar-refractivity contribution in [1.82, 2.24) is 10.2 Å². The average molecular weight is 246 g/mol. The number of piperazine rings is 1. The second kappa shape index (κ2) is 6.91. The van der Waals surface area contributed by atoms with Crippen LogP contribution in [0, 0.1) is 0 Å². The standard InChI is InChI=1S/C16H26N2/c1-3-16-13-18(12-11-17-16)14(2)9-10-15-7-5-4-6-8-15/h4-8,14,16-17H,3,9-13H2,1-2H3. The number of nitrogens with one attached hydrogen (secondary N) is 1. The zero-order valence-electron chi connectivity index (χ0n) is 11.7. The highest BCUT2D eigenvalue weighted by molar-refractivity contribution is 5.14. The third-order valence-electron chi connectivity index (χ3n) is 4.10. The third-order valence-corrected chi connectivity index (χ3v) is 4.10. The number of hydrogen-bond donors (Lipinski definition) is 1. The number of nitrogens with zero attached hydrogens (tertiary/aromatic N) is 1. The maximum absolute atomic E-state index is 3.59. The van der Waals surface area contributed by atoms with Gasteiger partial charge in [0.1, 0.15) is 0 Å². The maximum atomic E-state index is 3.59. The summed E-state index contributed by atoms with van der Waals surface area (Å²) < 4.78 is 0. The molecule has 1 aromatic carbocycles. The fraction of sp³-hybridized carbons (Fsp3) is 0.625. The summed E-state index contributed by atoms with van der Waals surface area (Å²) in [5.74, 6) is 0. The molecule has 100 valence electrons. The Hall–Kier alpha value is -0.860. The monoisotopic (exact) mass is 246 g/mol. The number of aryl methyl sites for hydroxylation is 1. The Labute approximate surface area is 111 Å². The van der Waals surface area contributed by atoms with Crippen molar-refractivity contribution < 1.29 is 0 Å². The molecule has 2 unspecified atom stereocenters. The highest BCUT2D eigenvalue weighted by Crippen LogP contribution is 2.12. The van der Waals surface area contributed by atoms with E-state index < -0.39 is 0 Å². The molecular weight excluding hydrogens is 220 g/mol. The van der Waals surface area contributed by atoms with Crippen molar-refractivity contribution in [2.45, 2.75) is 45.2 Å². The van der Waals surface area contributed by atoms with Crippen LogP contribution in [0.5, 0.6) is 0 Å². The SMILES string of the molecule is CCC1CN(C(C)CCc2ccccc2)CCN1. The van der Waals surface area contributed by atoms with Gasteiger partial charge in [-0.15, -0.1) is 0 Å². The van der Waals surface area contributed by atoms with Crippen LogP contribution in [0.4, 0.5) is 0 Å². The molecule has 1 aliphatic rings. The molecule has 2 nitrogen and oxygen atoms in total. The minimum Gasteiger partial charge on any atom is -0.311 e. The van der Waals surface area contributed by atoms with Crippen LogP contribution in [-0.2, 0) is 6.42 Å². The molecule has 1 saturated heterocycles. The van der Waals surface area contributed by atoms with Crippen molar-refractivity contribution in [2.75, 3.05) is 19.6 Å². The van der Waals surface area contributed by atoms with E-state index in [1.807, 2.05) is 0 Å². The van der Waals surface area contributed by atoms with E-state index in [2.05, 4.69) is 54.4 Å². The molecule has 1 aromatic rings. The lowest BCUT2D eigenvalue weighted by Gasteiger charge is -2.37. The van der Waals surface area contributed by atoms with Gasteiger partial charge in [-0.1, -0.05) is 37.3 Å². The summed E-state index contributed by atoms with van der Waals surface area (Å²) in [6.45, 7) is 8.21. The lowest BCUT2D eigenvalue weighted by atomic mass is 10.0. The molecule has 1 heterocycles. The Morgan fingerprint density at radius 2 is 2.11 bits per heavy atom. The summed E-state index contributed by atoms with van der Waals surface area (Å²) >= 11 is 0. The zero-order chi connectivity index (χ0) is 12.8. The van der Waals surface area contributed by atoms with E-state index in [9.17, 15) is 0 Å². The van der Waals surface area contributed by atoms with Gasteiger partial charge in [-0.3, -0.25) is 4.90 Å². The van der Waals surface area contributed by atoms with Gasteiger partial charge in [-0.25, -0.2) is 0 Å². The fourth-order valence-corrected chi connectivity index (χ4v) is 2.73. The van der Waals surface area contributed by atoms with Crippen LogP contribution in [0.1, 0.15) is 32.3 Å². The zero-order valence-corrected chi connectivity index (χ0v) is 11.7. The summed E-state index contributed by atoms with van der Waals surface area (Å²) in [5.41, 5.74) is 1.46. The van der Waals surface area contributed by atoms with Crippen molar-refractivity contribution in [2.24, 2.45) is 0 Å². The first-order valence-electron chi connectivity index (χ1n) is 7.31. The minimum absolute atomic E-state index is 0.693. The lowest BCUT2D eigenvalue weighted by Crippen LogP contribution is -2.53. The van der Waals surface area contributed by atoms with Gasteiger partial charge in [0, 0.05) is 31.7 Å². The molecule has 0 spiro atoms. The summed E-state index contributed by atoms with van der Waals surface area (Å²) in [6.07, 6.45) is 3.70. The van der Waals surface area contributed by atoms with Crippen LogP contribution < -0.4 is 5.32 Å². The van der Waals surface area contributed by atoms with Gasteiger partial charge < -0.3 is 5.32 Å². The highest BCUT2D eigenvalue weighted by Gasteiger charge is 2.21. The van der Waals surface area contributed by atoms with Crippen molar-refractivity contribution in [1.29, 1.82) is 0 Å². The van der Waals surface area contributed by atoms with Crippen molar-refractivity contribution in [3.8, 4) is 0 Å². The van der Waals surface area contributed by atoms with Crippen molar-refractivity contribution in [3.05, 3.63) is 35.9 Å². The molecule has 0 radical (unpaired) electrons. The lowest BCUT2D eigenvalue weighted by molar-refractivity contribution is 0.145. The predicted molar refractivity (Wildman–Crippen MR) is 77.9 cm³/mol. The van der Waals surface area contributed by atoms with Gasteiger partial charge in [0.05, 0.1) is 0 Å². The summed E-state index contributed by atoms with van der Waals surface area (Å²) in [5, 5.41) is 3.59. The van der Waals surface area contributed by atoms with E-state index in [4.69, 9.17) is 0 Å². The summed E-state index contributed by atoms with van der Waals surface area (Å²) in [6, 6.07) is 12.2. The second-order valence-electron chi connectivity index (χ2n) is 5.43. The topological polar surface area (TPSA) is 15.3 Å². The Bertz CT molecular complexity index is 336. The smallest absolute Gasteiger partial charge is 0.0193 e. The van der Waals surface area contributed by atoms with E-state index in [1.165, 1.54) is 37.9 Å². The molecule has 2 rings (SSSR count). The molecule has 18 heavy (non-hydrogen) atoms. The summed E-state index contributed by atoms with van der Waals surface area (Å²) in [7, 11) is 0. The predicted octanol–water partition coefficient (Wildman–Crippen LogP) is 2.69. The van der Waals surface area contributed by atoms with Crippen molar-refractivity contribution >= 4 is 0 Å². The normalized spacial score (nSPS) is 22.9. The van der Waals surface area contributed by atoms with E-state index in [0.29, 0.717) is 12.1 Å². The van der Waals surface area contributed by atoms with Gasteiger partial charge in [-0.05, 0) is 31.7 Å². The average Bonchev–Trinajstić information content (AvgIpc) is 2.46. The summed E-state index contributed by atoms with van der Waals surface area (Å²) in [4.78, 5) is 2.65. The molecule has 0 amide bonds. The first-order valence-corrected chi connectivity index (χ1v) is 7.31. The minimum atomic E-state index is 0.693. The van der Waals surface area contributed by atoms with Gasteiger partial charge in [0.2, 0.25) is 0 Å². The molecule has 1 N–H and O–H groups in total. The van der Waals surface area contributed by atoms with Crippen LogP contribution in [0.2, 0.25) is 0 Å². The first-order chi connectivity index (χ1) is 8.79. The van der Waals surface area contributed by atoms with Gasteiger partial charge in [0.15, 0.2) is 0 Å². The van der Waals surface area contributed by atoms with Crippen molar-refractivity contribution in [3.63, 3.8) is 0 Å². The highest BCUT2D eigenvalue weighted by atomic mass is 15.2. The van der Waals surface area contributed by atoms with Crippen LogP contribution in [0.25, 0.3) is 0 Å². The van der Waals surface area contributed by atoms with E-state index >= 15 is 0 Å². The molecule has 2 atom stereocenters. The molecule has 0 aliphatic carbocycles. The maximum Gasteiger partial charge on any atom is 0.0193 e. The van der Waals surface area contributed by atoms with E-state index in [1.54, 1.807) is 0 Å². The molecule has 2 heteroatoms. The molecule has 1 aliphatic heterocycles. The molecule has 1 fully saturated rings. The fourth-order valence-electron chi connectivity index (χ4n) is 2.73. The Morgan fingerprint density at radius 3 is 2.83 bits per heavy atom. The quantitative estimate of drug-likeness (QED) is 0.859. The third kappa shape index (κ3) is 3.82. The van der Waals surface area contributed by atoms with Crippen LogP contribution in [0.15, 0.2) is 30.3 Å².